The van der Waals surface area contributed by atoms with E-state index in [1.54, 1.807) is 6.20 Å². The standard InChI is InChI=1S/C12H15N3O4S2/c1-3-9-8-13-14-12(9)15-21(18,19)11-6-4-10(5-7-11)20(2,16)17/h4-8H,3H2,1-2H3,(H2,13,14,15). The van der Waals surface area contributed by atoms with Gasteiger partial charge in [0.2, 0.25) is 0 Å². The van der Waals surface area contributed by atoms with E-state index in [2.05, 4.69) is 14.9 Å². The maximum atomic E-state index is 12.2. The van der Waals surface area contributed by atoms with Crippen LogP contribution in [0.25, 0.3) is 0 Å². The molecule has 0 aliphatic rings. The first-order valence-corrected chi connectivity index (χ1v) is 9.46. The highest BCUT2D eigenvalue weighted by molar-refractivity contribution is 7.92. The van der Waals surface area contributed by atoms with Gasteiger partial charge >= 0.3 is 0 Å². The number of sulfone groups is 1. The van der Waals surface area contributed by atoms with E-state index in [9.17, 15) is 16.8 Å². The molecule has 2 aromatic rings. The predicted molar refractivity (Wildman–Crippen MR) is 78.3 cm³/mol. The number of nitrogens with zero attached hydrogens (tertiary/aromatic N) is 1. The number of sulfonamides is 1. The molecule has 1 aromatic carbocycles. The van der Waals surface area contributed by atoms with Gasteiger partial charge in [-0.05, 0) is 30.7 Å². The Morgan fingerprint density at radius 3 is 2.19 bits per heavy atom. The average molecular weight is 329 g/mol. The second-order valence-corrected chi connectivity index (χ2v) is 8.17. The van der Waals surface area contributed by atoms with Gasteiger partial charge in [-0.25, -0.2) is 16.8 Å². The largest absolute Gasteiger partial charge is 0.264 e. The van der Waals surface area contributed by atoms with E-state index in [1.165, 1.54) is 24.3 Å². The summed E-state index contributed by atoms with van der Waals surface area (Å²) in [5, 5.41) is 6.37. The van der Waals surface area contributed by atoms with E-state index in [0.29, 0.717) is 12.2 Å². The summed E-state index contributed by atoms with van der Waals surface area (Å²) in [6.45, 7) is 1.88. The van der Waals surface area contributed by atoms with Gasteiger partial charge in [-0.3, -0.25) is 9.82 Å². The Hall–Kier alpha value is -1.87. The van der Waals surface area contributed by atoms with Crippen LogP contribution in [-0.4, -0.2) is 33.3 Å². The monoisotopic (exact) mass is 329 g/mol. The number of hydrogen-bond acceptors (Lipinski definition) is 5. The van der Waals surface area contributed by atoms with Crippen molar-refractivity contribution in [3.8, 4) is 0 Å². The third kappa shape index (κ3) is 3.42. The summed E-state index contributed by atoms with van der Waals surface area (Å²) in [6, 6.07) is 5.02. The Balaban J connectivity index is 2.32. The maximum absolute atomic E-state index is 12.2. The third-order valence-electron chi connectivity index (χ3n) is 2.90. The van der Waals surface area contributed by atoms with Gasteiger partial charge in [0, 0.05) is 11.8 Å². The molecule has 0 unspecified atom stereocenters. The summed E-state index contributed by atoms with van der Waals surface area (Å²) in [5.41, 5.74) is 0.742. The lowest BCUT2D eigenvalue weighted by Crippen LogP contribution is -2.14. The molecule has 0 bridgehead atoms. The number of benzene rings is 1. The number of aryl methyl sites for hydroxylation is 1. The Morgan fingerprint density at radius 2 is 1.67 bits per heavy atom. The number of nitrogens with one attached hydrogen (secondary N) is 2. The first-order chi connectivity index (χ1) is 9.74. The molecule has 0 amide bonds. The number of H-pyrrole nitrogens is 1. The molecule has 1 aromatic heterocycles. The molecule has 21 heavy (non-hydrogen) atoms. The molecule has 1 heterocycles. The number of aromatic nitrogens is 2. The Morgan fingerprint density at radius 1 is 1.10 bits per heavy atom. The predicted octanol–water partition coefficient (Wildman–Crippen LogP) is 1.18. The molecule has 114 valence electrons. The lowest BCUT2D eigenvalue weighted by molar-refractivity contribution is 0.597. The fourth-order valence-electron chi connectivity index (χ4n) is 1.73. The lowest BCUT2D eigenvalue weighted by atomic mass is 10.3. The summed E-state index contributed by atoms with van der Waals surface area (Å²) < 4.78 is 49.5. The number of rotatable bonds is 5. The van der Waals surface area contributed by atoms with Crippen LogP contribution < -0.4 is 4.72 Å². The van der Waals surface area contributed by atoms with Crippen LogP contribution >= 0.6 is 0 Å². The fourth-order valence-corrected chi connectivity index (χ4v) is 3.41. The highest BCUT2D eigenvalue weighted by Gasteiger charge is 2.17. The quantitative estimate of drug-likeness (QED) is 0.856. The molecule has 2 rings (SSSR count). The zero-order valence-corrected chi connectivity index (χ0v) is 13.1. The molecule has 7 nitrogen and oxygen atoms in total. The lowest BCUT2D eigenvalue weighted by Gasteiger charge is -2.08. The zero-order valence-electron chi connectivity index (χ0n) is 11.5. The fraction of sp³-hybridized carbons (Fsp3) is 0.250. The van der Waals surface area contributed by atoms with Crippen molar-refractivity contribution in [1.29, 1.82) is 0 Å². The third-order valence-corrected chi connectivity index (χ3v) is 5.39. The van der Waals surface area contributed by atoms with Gasteiger partial charge in [-0.15, -0.1) is 0 Å². The van der Waals surface area contributed by atoms with Crippen molar-refractivity contribution in [2.75, 3.05) is 11.0 Å². The summed E-state index contributed by atoms with van der Waals surface area (Å²) in [5.74, 6) is 0.310. The van der Waals surface area contributed by atoms with Crippen molar-refractivity contribution in [3.05, 3.63) is 36.0 Å². The second-order valence-electron chi connectivity index (χ2n) is 4.47. The van der Waals surface area contributed by atoms with Crippen LogP contribution in [0.3, 0.4) is 0 Å². The van der Waals surface area contributed by atoms with Gasteiger partial charge in [-0.1, -0.05) is 6.92 Å². The molecule has 0 aliphatic heterocycles. The van der Waals surface area contributed by atoms with Crippen molar-refractivity contribution in [1.82, 2.24) is 10.2 Å². The topological polar surface area (TPSA) is 109 Å². The molecule has 0 radical (unpaired) electrons. The number of anilines is 1. The Kier molecular flexibility index (Phi) is 4.06. The highest BCUT2D eigenvalue weighted by atomic mass is 32.2. The molecule has 9 heteroatoms. The minimum Gasteiger partial charge on any atom is -0.264 e. The van der Waals surface area contributed by atoms with Crippen LogP contribution in [0.4, 0.5) is 5.82 Å². The molecule has 0 spiro atoms. The first-order valence-electron chi connectivity index (χ1n) is 6.09. The van der Waals surface area contributed by atoms with Gasteiger partial charge in [-0.2, -0.15) is 5.10 Å². The van der Waals surface area contributed by atoms with Crippen molar-refractivity contribution >= 4 is 25.7 Å². The first kappa shape index (κ1) is 15.5. The summed E-state index contributed by atoms with van der Waals surface area (Å²) in [4.78, 5) is 0.0452. The molecule has 0 saturated carbocycles. The van der Waals surface area contributed by atoms with E-state index < -0.39 is 19.9 Å². The Labute approximate surface area is 123 Å². The van der Waals surface area contributed by atoms with Crippen molar-refractivity contribution in [2.24, 2.45) is 0 Å². The second kappa shape index (κ2) is 5.49. The van der Waals surface area contributed by atoms with Crippen molar-refractivity contribution in [2.45, 2.75) is 23.1 Å². The number of aromatic amines is 1. The van der Waals surface area contributed by atoms with Crippen molar-refractivity contribution in [3.63, 3.8) is 0 Å². The van der Waals surface area contributed by atoms with Crippen LogP contribution in [0.15, 0.2) is 40.3 Å². The van der Waals surface area contributed by atoms with Crippen LogP contribution in [-0.2, 0) is 26.3 Å². The molecule has 0 atom stereocenters. The van der Waals surface area contributed by atoms with Crippen LogP contribution in [0.1, 0.15) is 12.5 Å². The van der Waals surface area contributed by atoms with Crippen LogP contribution in [0.2, 0.25) is 0 Å². The summed E-state index contributed by atoms with van der Waals surface area (Å²) in [7, 11) is -7.15. The summed E-state index contributed by atoms with van der Waals surface area (Å²) >= 11 is 0. The minimum absolute atomic E-state index is 0.0217. The van der Waals surface area contributed by atoms with Gasteiger partial charge < -0.3 is 0 Å². The molecule has 0 aliphatic carbocycles. The van der Waals surface area contributed by atoms with Crippen molar-refractivity contribution < 1.29 is 16.8 Å². The van der Waals surface area contributed by atoms with E-state index in [4.69, 9.17) is 0 Å². The van der Waals surface area contributed by atoms with Gasteiger partial charge in [0.25, 0.3) is 10.0 Å². The maximum Gasteiger partial charge on any atom is 0.263 e. The van der Waals surface area contributed by atoms with E-state index in [-0.39, 0.29) is 9.79 Å². The zero-order chi connectivity index (χ0) is 15.7. The van der Waals surface area contributed by atoms with E-state index >= 15 is 0 Å². The minimum atomic E-state index is -3.79. The molecular weight excluding hydrogens is 314 g/mol. The van der Waals surface area contributed by atoms with Gasteiger partial charge in [0.15, 0.2) is 9.84 Å². The smallest absolute Gasteiger partial charge is 0.263 e. The molecule has 0 fully saturated rings. The van der Waals surface area contributed by atoms with E-state index in [0.717, 1.165) is 11.8 Å². The normalized spacial score (nSPS) is 12.3. The van der Waals surface area contributed by atoms with Gasteiger partial charge in [0.05, 0.1) is 16.0 Å². The van der Waals surface area contributed by atoms with Gasteiger partial charge in [0.1, 0.15) is 5.82 Å². The molecular formula is C12H15N3O4S2. The molecule has 2 N–H and O–H groups in total. The average Bonchev–Trinajstić information content (AvgIpc) is 2.84. The summed E-state index contributed by atoms with van der Waals surface area (Å²) in [6.07, 6.45) is 3.23. The van der Waals surface area contributed by atoms with Crippen LogP contribution in [0, 0.1) is 0 Å². The molecule has 0 saturated heterocycles. The number of hydrogen-bond donors (Lipinski definition) is 2. The Bertz CT molecular complexity index is 837. The van der Waals surface area contributed by atoms with Crippen LogP contribution in [0.5, 0.6) is 0 Å². The van der Waals surface area contributed by atoms with E-state index in [1.807, 2.05) is 6.92 Å². The highest BCUT2D eigenvalue weighted by Crippen LogP contribution is 2.19. The SMILES string of the molecule is CCc1cn[nH]c1NS(=O)(=O)c1ccc(S(C)(=O)=O)cc1.